The van der Waals surface area contributed by atoms with Gasteiger partial charge in [0.25, 0.3) is 5.69 Å². The van der Waals surface area contributed by atoms with E-state index >= 15 is 0 Å². The SMILES string of the molecule is CCN(Cc1ccccc1)C(=O)CNC(=O)NCCNc1ccccc1[N+](=O)[O-]. The van der Waals surface area contributed by atoms with E-state index in [0.717, 1.165) is 5.56 Å². The van der Waals surface area contributed by atoms with Crippen LogP contribution in [0, 0.1) is 10.1 Å². The molecule has 3 amide bonds. The number of hydrogen-bond donors (Lipinski definition) is 3. The smallest absolute Gasteiger partial charge is 0.315 e. The molecule has 29 heavy (non-hydrogen) atoms. The molecule has 9 heteroatoms. The average molecular weight is 399 g/mol. The first-order valence-corrected chi connectivity index (χ1v) is 9.32. The van der Waals surface area contributed by atoms with Crippen LogP contribution in [0.3, 0.4) is 0 Å². The van der Waals surface area contributed by atoms with Crippen LogP contribution in [-0.2, 0) is 11.3 Å². The van der Waals surface area contributed by atoms with Crippen molar-refractivity contribution in [2.24, 2.45) is 0 Å². The van der Waals surface area contributed by atoms with Crippen molar-refractivity contribution in [2.45, 2.75) is 13.5 Å². The Morgan fingerprint density at radius 1 is 1.00 bits per heavy atom. The summed E-state index contributed by atoms with van der Waals surface area (Å²) in [5, 5.41) is 19.0. The van der Waals surface area contributed by atoms with E-state index in [4.69, 9.17) is 0 Å². The van der Waals surface area contributed by atoms with Crippen LogP contribution in [0.5, 0.6) is 0 Å². The number of urea groups is 1. The number of nitro benzene ring substituents is 1. The molecule has 9 nitrogen and oxygen atoms in total. The number of amides is 3. The minimum atomic E-state index is -0.474. The summed E-state index contributed by atoms with van der Waals surface area (Å²) in [6.07, 6.45) is 0. The highest BCUT2D eigenvalue weighted by Gasteiger charge is 2.14. The van der Waals surface area contributed by atoms with E-state index in [1.807, 2.05) is 37.3 Å². The Labute approximate surface area is 169 Å². The number of hydrogen-bond acceptors (Lipinski definition) is 5. The average Bonchev–Trinajstić information content (AvgIpc) is 2.74. The lowest BCUT2D eigenvalue weighted by molar-refractivity contribution is -0.384. The molecule has 0 unspecified atom stereocenters. The highest BCUT2D eigenvalue weighted by Crippen LogP contribution is 2.22. The van der Waals surface area contributed by atoms with Gasteiger partial charge in [-0.15, -0.1) is 0 Å². The van der Waals surface area contributed by atoms with E-state index in [9.17, 15) is 19.7 Å². The third-order valence-electron chi connectivity index (χ3n) is 4.18. The molecule has 0 radical (unpaired) electrons. The lowest BCUT2D eigenvalue weighted by atomic mass is 10.2. The molecule has 0 saturated heterocycles. The van der Waals surface area contributed by atoms with Crippen molar-refractivity contribution < 1.29 is 14.5 Å². The fraction of sp³-hybridized carbons (Fsp3) is 0.300. The molecule has 0 spiro atoms. The number of carbonyl (C=O) groups is 2. The molecule has 2 aromatic carbocycles. The number of anilines is 1. The molecular weight excluding hydrogens is 374 g/mol. The van der Waals surface area contributed by atoms with Crippen LogP contribution in [-0.4, -0.2) is 47.9 Å². The van der Waals surface area contributed by atoms with E-state index in [1.54, 1.807) is 23.1 Å². The Kier molecular flexibility index (Phi) is 8.43. The number of carbonyl (C=O) groups excluding carboxylic acids is 2. The molecule has 0 heterocycles. The van der Waals surface area contributed by atoms with Crippen LogP contribution >= 0.6 is 0 Å². The predicted molar refractivity (Wildman–Crippen MR) is 111 cm³/mol. The van der Waals surface area contributed by atoms with Crippen molar-refractivity contribution in [3.63, 3.8) is 0 Å². The minimum Gasteiger partial charge on any atom is -0.378 e. The number of para-hydroxylation sites is 2. The Morgan fingerprint density at radius 3 is 2.38 bits per heavy atom. The largest absolute Gasteiger partial charge is 0.378 e. The summed E-state index contributed by atoms with van der Waals surface area (Å²) < 4.78 is 0. The maximum absolute atomic E-state index is 12.3. The van der Waals surface area contributed by atoms with Gasteiger partial charge in [-0.2, -0.15) is 0 Å². The first-order valence-electron chi connectivity index (χ1n) is 9.32. The van der Waals surface area contributed by atoms with Crippen molar-refractivity contribution in [3.05, 3.63) is 70.3 Å². The zero-order chi connectivity index (χ0) is 21.1. The second-order valence-corrected chi connectivity index (χ2v) is 6.20. The molecule has 0 aromatic heterocycles. The molecule has 0 fully saturated rings. The molecule has 154 valence electrons. The first kappa shape index (κ1) is 21.7. The Balaban J connectivity index is 1.70. The van der Waals surface area contributed by atoms with E-state index < -0.39 is 11.0 Å². The molecule has 0 saturated carbocycles. The summed E-state index contributed by atoms with van der Waals surface area (Å²) in [5.74, 6) is -0.176. The Morgan fingerprint density at radius 2 is 1.69 bits per heavy atom. The van der Waals surface area contributed by atoms with Gasteiger partial charge in [0.05, 0.1) is 11.5 Å². The molecule has 0 atom stereocenters. The number of nitrogens with zero attached hydrogens (tertiary/aromatic N) is 2. The van der Waals surface area contributed by atoms with Gasteiger partial charge in [0.1, 0.15) is 5.69 Å². The van der Waals surface area contributed by atoms with Crippen molar-refractivity contribution >= 4 is 23.3 Å². The van der Waals surface area contributed by atoms with E-state index in [2.05, 4.69) is 16.0 Å². The zero-order valence-electron chi connectivity index (χ0n) is 16.3. The number of rotatable bonds is 10. The van der Waals surface area contributed by atoms with Crippen molar-refractivity contribution in [1.82, 2.24) is 15.5 Å². The van der Waals surface area contributed by atoms with Crippen LogP contribution in [0.2, 0.25) is 0 Å². The van der Waals surface area contributed by atoms with Crippen molar-refractivity contribution in [3.8, 4) is 0 Å². The molecule has 2 rings (SSSR count). The molecule has 3 N–H and O–H groups in total. The number of benzene rings is 2. The van der Waals surface area contributed by atoms with Crippen LogP contribution in [0.15, 0.2) is 54.6 Å². The third-order valence-corrected chi connectivity index (χ3v) is 4.18. The summed E-state index contributed by atoms with van der Waals surface area (Å²) in [7, 11) is 0. The fourth-order valence-corrected chi connectivity index (χ4v) is 2.67. The zero-order valence-corrected chi connectivity index (χ0v) is 16.3. The van der Waals surface area contributed by atoms with Gasteiger partial charge < -0.3 is 20.9 Å². The first-order chi connectivity index (χ1) is 14.0. The van der Waals surface area contributed by atoms with Crippen LogP contribution in [0.25, 0.3) is 0 Å². The Hall–Kier alpha value is -3.62. The monoisotopic (exact) mass is 399 g/mol. The maximum Gasteiger partial charge on any atom is 0.315 e. The number of likely N-dealkylation sites (N-methyl/N-ethyl adjacent to an activating group) is 1. The normalized spacial score (nSPS) is 10.1. The predicted octanol–water partition coefficient (Wildman–Crippen LogP) is 2.35. The van der Waals surface area contributed by atoms with Gasteiger partial charge in [-0.3, -0.25) is 14.9 Å². The minimum absolute atomic E-state index is 0.0272. The fourth-order valence-electron chi connectivity index (χ4n) is 2.67. The molecular formula is C20H25N5O4. The van der Waals surface area contributed by atoms with Crippen molar-refractivity contribution in [2.75, 3.05) is 31.5 Å². The van der Waals surface area contributed by atoms with Crippen molar-refractivity contribution in [1.29, 1.82) is 0 Å². The van der Waals surface area contributed by atoms with Gasteiger partial charge >= 0.3 is 6.03 Å². The molecule has 0 aliphatic heterocycles. The maximum atomic E-state index is 12.3. The van der Waals surface area contributed by atoms with Gasteiger partial charge in [0, 0.05) is 32.2 Å². The van der Waals surface area contributed by atoms with E-state index in [0.29, 0.717) is 25.3 Å². The van der Waals surface area contributed by atoms with E-state index in [-0.39, 0.29) is 24.7 Å². The lowest BCUT2D eigenvalue weighted by Crippen LogP contribution is -2.44. The molecule has 2 aromatic rings. The van der Waals surface area contributed by atoms with E-state index in [1.165, 1.54) is 6.07 Å². The lowest BCUT2D eigenvalue weighted by Gasteiger charge is -2.21. The van der Waals surface area contributed by atoms with Gasteiger partial charge in [-0.1, -0.05) is 42.5 Å². The topological polar surface area (TPSA) is 117 Å². The number of nitro groups is 1. The van der Waals surface area contributed by atoms with Gasteiger partial charge in [0.2, 0.25) is 5.91 Å². The molecule has 0 aliphatic carbocycles. The third kappa shape index (κ3) is 7.13. The summed E-state index contributed by atoms with van der Waals surface area (Å²) in [6.45, 7) is 3.35. The van der Waals surface area contributed by atoms with Gasteiger partial charge in [0.15, 0.2) is 0 Å². The molecule has 0 aliphatic rings. The van der Waals surface area contributed by atoms with Gasteiger partial charge in [-0.05, 0) is 18.6 Å². The summed E-state index contributed by atoms with van der Waals surface area (Å²) in [6, 6.07) is 15.4. The Bertz CT molecular complexity index is 829. The number of nitrogens with one attached hydrogen (secondary N) is 3. The summed E-state index contributed by atoms with van der Waals surface area (Å²) in [4.78, 5) is 36.3. The van der Waals surface area contributed by atoms with Crippen LogP contribution in [0.4, 0.5) is 16.2 Å². The molecule has 0 bridgehead atoms. The van der Waals surface area contributed by atoms with Gasteiger partial charge in [-0.25, -0.2) is 4.79 Å². The highest BCUT2D eigenvalue weighted by atomic mass is 16.6. The second-order valence-electron chi connectivity index (χ2n) is 6.20. The summed E-state index contributed by atoms with van der Waals surface area (Å²) >= 11 is 0. The highest BCUT2D eigenvalue weighted by molar-refractivity contribution is 5.84. The summed E-state index contributed by atoms with van der Waals surface area (Å²) in [5.41, 5.74) is 1.38. The van der Waals surface area contributed by atoms with Crippen LogP contribution in [0.1, 0.15) is 12.5 Å². The van der Waals surface area contributed by atoms with Crippen LogP contribution < -0.4 is 16.0 Å². The standard InChI is InChI=1S/C20H25N5O4/c1-2-24(15-16-8-4-3-5-9-16)19(26)14-23-20(27)22-13-12-21-17-10-6-7-11-18(17)25(28)29/h3-11,21H,2,12-15H2,1H3,(H2,22,23,27). The second kappa shape index (κ2) is 11.3. The quantitative estimate of drug-likeness (QED) is 0.322.